The van der Waals surface area contributed by atoms with Gasteiger partial charge in [-0.1, -0.05) is 48.5 Å². The van der Waals surface area contributed by atoms with Crippen molar-refractivity contribution in [3.05, 3.63) is 83.9 Å². The lowest BCUT2D eigenvalue weighted by Gasteiger charge is -2.14. The van der Waals surface area contributed by atoms with Crippen LogP contribution in [0.25, 0.3) is 31.7 Å². The predicted molar refractivity (Wildman–Crippen MR) is 120 cm³/mol. The van der Waals surface area contributed by atoms with Crippen molar-refractivity contribution < 1.29 is 18.0 Å². The molecule has 1 heterocycles. The Labute approximate surface area is 182 Å². The summed E-state index contributed by atoms with van der Waals surface area (Å²) in [4.78, 5) is 11.2. The summed E-state index contributed by atoms with van der Waals surface area (Å²) < 4.78 is 42.5. The molecule has 4 aromatic rings. The van der Waals surface area contributed by atoms with E-state index in [1.807, 2.05) is 24.3 Å². The maximum absolute atomic E-state index is 13.8. The number of thiophene rings is 1. The van der Waals surface area contributed by atoms with E-state index in [4.69, 9.17) is 0 Å². The highest BCUT2D eigenvalue weighted by Crippen LogP contribution is 2.41. The average molecular weight is 440 g/mol. The minimum atomic E-state index is -4.45. The molecule has 0 bridgehead atoms. The molecule has 0 aliphatic carbocycles. The van der Waals surface area contributed by atoms with Crippen molar-refractivity contribution >= 4 is 27.7 Å². The van der Waals surface area contributed by atoms with Crippen molar-refractivity contribution in [2.75, 3.05) is 6.54 Å². The number of halogens is 3. The maximum atomic E-state index is 13.8. The molecule has 0 saturated carbocycles. The highest BCUT2D eigenvalue weighted by atomic mass is 32.1. The molecule has 0 atom stereocenters. The largest absolute Gasteiger partial charge is 0.417 e. The van der Waals surface area contributed by atoms with Crippen LogP contribution in [-0.4, -0.2) is 12.8 Å². The van der Waals surface area contributed by atoms with Crippen LogP contribution in [0.3, 0.4) is 0 Å². The molecule has 4 rings (SSSR count). The zero-order valence-corrected chi connectivity index (χ0v) is 17.4. The third-order valence-electron chi connectivity index (χ3n) is 5.04. The van der Waals surface area contributed by atoms with Crippen LogP contribution in [0, 0.1) is 0 Å². The molecule has 6 heteroatoms. The molecule has 0 spiro atoms. The third kappa shape index (κ3) is 4.86. The maximum Gasteiger partial charge on any atom is 0.417 e. The molecule has 0 amide bonds. The number of rotatable bonds is 7. The summed E-state index contributed by atoms with van der Waals surface area (Å²) >= 11 is 1.48. The van der Waals surface area contributed by atoms with Crippen LogP contribution >= 0.6 is 11.3 Å². The zero-order valence-electron chi connectivity index (χ0n) is 16.6. The SMILES string of the molecule is O=CCCNCc1ccc2sc(-c3ccc(-c4ccccc4)c(C(F)(F)F)c3)cc2c1. The Morgan fingerprint density at radius 1 is 0.903 bits per heavy atom. The van der Waals surface area contributed by atoms with Gasteiger partial charge in [0.15, 0.2) is 0 Å². The molecule has 0 unspecified atom stereocenters. The van der Waals surface area contributed by atoms with E-state index >= 15 is 0 Å². The summed E-state index contributed by atoms with van der Waals surface area (Å²) in [5, 5.41) is 4.19. The molecule has 0 saturated heterocycles. The Kier molecular flexibility index (Phi) is 6.20. The van der Waals surface area contributed by atoms with E-state index in [1.165, 1.54) is 17.4 Å². The standard InChI is InChI=1S/C25H20F3NOS/c26-25(27,28)22-14-19(8-9-21(22)18-5-2-1-3-6-18)24-15-20-13-17(7-10-23(20)31-24)16-29-11-4-12-30/h1-3,5-10,12-15,29H,4,11,16H2. The zero-order chi connectivity index (χ0) is 21.8. The fourth-order valence-corrected chi connectivity index (χ4v) is 4.58. The summed E-state index contributed by atoms with van der Waals surface area (Å²) in [5.74, 6) is 0. The number of alkyl halides is 3. The molecule has 3 aromatic carbocycles. The molecule has 31 heavy (non-hydrogen) atoms. The van der Waals surface area contributed by atoms with Gasteiger partial charge >= 0.3 is 6.18 Å². The van der Waals surface area contributed by atoms with Gasteiger partial charge in [-0.05, 0) is 51.9 Å². The van der Waals surface area contributed by atoms with Gasteiger partial charge in [0.1, 0.15) is 6.29 Å². The van der Waals surface area contributed by atoms with E-state index in [-0.39, 0.29) is 5.56 Å². The second-order valence-electron chi connectivity index (χ2n) is 7.24. The van der Waals surface area contributed by atoms with E-state index in [1.54, 1.807) is 42.5 Å². The Balaban J connectivity index is 1.68. The number of carbonyl (C=O) groups excluding carboxylic acids is 1. The molecule has 0 aliphatic heterocycles. The first-order valence-electron chi connectivity index (χ1n) is 9.89. The second kappa shape index (κ2) is 9.04. The van der Waals surface area contributed by atoms with Gasteiger partial charge in [-0.3, -0.25) is 0 Å². The number of nitrogens with one attached hydrogen (secondary N) is 1. The normalized spacial score (nSPS) is 11.7. The van der Waals surface area contributed by atoms with Crippen LogP contribution in [-0.2, 0) is 17.5 Å². The smallest absolute Gasteiger partial charge is 0.312 e. The van der Waals surface area contributed by atoms with Crippen molar-refractivity contribution in [1.29, 1.82) is 0 Å². The predicted octanol–water partition coefficient (Wildman–Crippen LogP) is 6.93. The summed E-state index contributed by atoms with van der Waals surface area (Å²) in [6.07, 6.45) is -3.11. The van der Waals surface area contributed by atoms with Crippen LogP contribution in [0.15, 0.2) is 72.8 Å². The number of hydrogen-bond donors (Lipinski definition) is 1. The van der Waals surface area contributed by atoms with Gasteiger partial charge in [0, 0.05) is 29.1 Å². The molecule has 158 valence electrons. The van der Waals surface area contributed by atoms with Crippen molar-refractivity contribution in [2.45, 2.75) is 19.1 Å². The molecule has 1 N–H and O–H groups in total. The quantitative estimate of drug-likeness (QED) is 0.250. The molecule has 2 nitrogen and oxygen atoms in total. The molecular weight excluding hydrogens is 419 g/mol. The lowest BCUT2D eigenvalue weighted by molar-refractivity contribution is -0.137. The van der Waals surface area contributed by atoms with Crippen molar-refractivity contribution in [1.82, 2.24) is 5.32 Å². The van der Waals surface area contributed by atoms with Crippen LogP contribution in [0.4, 0.5) is 13.2 Å². The van der Waals surface area contributed by atoms with Gasteiger partial charge < -0.3 is 10.1 Å². The van der Waals surface area contributed by atoms with E-state index in [2.05, 4.69) is 5.32 Å². The van der Waals surface area contributed by atoms with Gasteiger partial charge in [0.2, 0.25) is 0 Å². The molecular formula is C25H20F3NOS. The first-order valence-corrected chi connectivity index (χ1v) is 10.7. The molecule has 1 aromatic heterocycles. The highest BCUT2D eigenvalue weighted by molar-refractivity contribution is 7.22. The first kappa shape index (κ1) is 21.3. The summed E-state index contributed by atoms with van der Waals surface area (Å²) in [5.41, 5.74) is 1.72. The summed E-state index contributed by atoms with van der Waals surface area (Å²) in [6, 6.07) is 21.1. The van der Waals surface area contributed by atoms with Gasteiger partial charge in [-0.2, -0.15) is 13.2 Å². The highest BCUT2D eigenvalue weighted by Gasteiger charge is 2.34. The monoisotopic (exact) mass is 439 g/mol. The Morgan fingerprint density at radius 3 is 2.45 bits per heavy atom. The third-order valence-corrected chi connectivity index (χ3v) is 6.21. The van der Waals surface area contributed by atoms with Gasteiger partial charge in [-0.15, -0.1) is 11.3 Å². The van der Waals surface area contributed by atoms with Crippen LogP contribution in [0.5, 0.6) is 0 Å². The number of aldehydes is 1. The topological polar surface area (TPSA) is 29.1 Å². The van der Waals surface area contributed by atoms with Crippen LogP contribution < -0.4 is 5.32 Å². The van der Waals surface area contributed by atoms with E-state index in [0.717, 1.165) is 26.8 Å². The van der Waals surface area contributed by atoms with Gasteiger partial charge in [0.05, 0.1) is 5.56 Å². The Hall–Kier alpha value is -2.96. The first-order chi connectivity index (χ1) is 15.0. The van der Waals surface area contributed by atoms with Crippen molar-refractivity contribution in [3.63, 3.8) is 0 Å². The van der Waals surface area contributed by atoms with Crippen molar-refractivity contribution in [3.8, 4) is 21.6 Å². The van der Waals surface area contributed by atoms with Gasteiger partial charge in [0.25, 0.3) is 0 Å². The number of carbonyl (C=O) groups is 1. The summed E-state index contributed by atoms with van der Waals surface area (Å²) in [6.45, 7) is 1.25. The van der Waals surface area contributed by atoms with Gasteiger partial charge in [-0.25, -0.2) is 0 Å². The Morgan fingerprint density at radius 2 is 1.71 bits per heavy atom. The van der Waals surface area contributed by atoms with E-state index < -0.39 is 11.7 Å². The fraction of sp³-hybridized carbons (Fsp3) is 0.160. The second-order valence-corrected chi connectivity index (χ2v) is 8.32. The minimum absolute atomic E-state index is 0.182. The number of fused-ring (bicyclic) bond motifs is 1. The van der Waals surface area contributed by atoms with E-state index in [9.17, 15) is 18.0 Å². The number of benzene rings is 3. The van der Waals surface area contributed by atoms with E-state index in [0.29, 0.717) is 30.6 Å². The molecule has 0 aliphatic rings. The average Bonchev–Trinajstić information content (AvgIpc) is 3.20. The fourth-order valence-electron chi connectivity index (χ4n) is 3.54. The lowest BCUT2D eigenvalue weighted by atomic mass is 9.96. The lowest BCUT2D eigenvalue weighted by Crippen LogP contribution is -2.14. The Bertz CT molecular complexity index is 1200. The molecule has 0 radical (unpaired) electrons. The molecule has 0 fully saturated rings. The van der Waals surface area contributed by atoms with Crippen LogP contribution in [0.1, 0.15) is 17.5 Å². The summed E-state index contributed by atoms with van der Waals surface area (Å²) in [7, 11) is 0. The minimum Gasteiger partial charge on any atom is -0.312 e. The van der Waals surface area contributed by atoms with Crippen molar-refractivity contribution in [2.24, 2.45) is 0 Å². The number of hydrogen-bond acceptors (Lipinski definition) is 3. The van der Waals surface area contributed by atoms with Crippen LogP contribution in [0.2, 0.25) is 0 Å².